The van der Waals surface area contributed by atoms with E-state index in [1.54, 1.807) is 25.5 Å². The maximum atomic E-state index is 12.1. The number of carbonyl (C=O) groups is 1. The van der Waals surface area contributed by atoms with E-state index in [1.807, 2.05) is 30.3 Å². The molecule has 0 aliphatic carbocycles. The second-order valence-electron chi connectivity index (χ2n) is 6.71. The van der Waals surface area contributed by atoms with Crippen molar-refractivity contribution >= 4 is 34.4 Å². The lowest BCUT2D eigenvalue weighted by atomic mass is 10.0. The predicted octanol–water partition coefficient (Wildman–Crippen LogP) is 4.91. The Bertz CT molecular complexity index is 1100. The smallest absolute Gasteiger partial charge is 0.349 e. The van der Waals surface area contributed by atoms with Crippen LogP contribution in [0.2, 0.25) is 5.15 Å². The molecular formula is C22H20ClN3O2. The zero-order chi connectivity index (χ0) is 20.3. The summed E-state index contributed by atoms with van der Waals surface area (Å²) < 4.78 is 6.78. The van der Waals surface area contributed by atoms with Gasteiger partial charge in [0.1, 0.15) is 16.8 Å². The minimum atomic E-state index is -0.672. The van der Waals surface area contributed by atoms with Gasteiger partial charge in [0.05, 0.1) is 18.3 Å². The number of nitriles is 1. The van der Waals surface area contributed by atoms with Crippen LogP contribution in [-0.4, -0.2) is 21.9 Å². The number of benzene rings is 2. The molecule has 0 spiro atoms. The van der Waals surface area contributed by atoms with Crippen LogP contribution in [0.1, 0.15) is 30.7 Å². The van der Waals surface area contributed by atoms with E-state index in [1.165, 1.54) is 6.08 Å². The van der Waals surface area contributed by atoms with Gasteiger partial charge in [0.2, 0.25) is 0 Å². The fourth-order valence-electron chi connectivity index (χ4n) is 2.99. The lowest BCUT2D eigenvalue weighted by Crippen LogP contribution is -2.12. The van der Waals surface area contributed by atoms with E-state index in [0.29, 0.717) is 23.0 Å². The third kappa shape index (κ3) is 4.08. The predicted molar refractivity (Wildman–Crippen MR) is 110 cm³/mol. The summed E-state index contributed by atoms with van der Waals surface area (Å²) in [6, 6.07) is 16.1. The van der Waals surface area contributed by atoms with Crippen LogP contribution < -0.4 is 0 Å². The fraction of sp³-hybridized carbons (Fsp3) is 0.227. The lowest BCUT2D eigenvalue weighted by Gasteiger charge is -2.08. The van der Waals surface area contributed by atoms with Crippen LogP contribution in [0.3, 0.4) is 0 Å². The number of nitrogens with zero attached hydrogens (tertiary/aromatic N) is 3. The third-order valence-corrected chi connectivity index (χ3v) is 4.68. The summed E-state index contributed by atoms with van der Waals surface area (Å²) in [6.07, 6.45) is 1.13. The molecule has 1 aromatic heterocycles. The summed E-state index contributed by atoms with van der Waals surface area (Å²) in [7, 11) is 0. The number of hydrogen-bond acceptors (Lipinski definition) is 4. The monoisotopic (exact) mass is 393 g/mol. The molecule has 28 heavy (non-hydrogen) atoms. The summed E-state index contributed by atoms with van der Waals surface area (Å²) in [5.41, 5.74) is 2.15. The molecule has 0 unspecified atom stereocenters. The van der Waals surface area contributed by atoms with Crippen molar-refractivity contribution in [3.8, 4) is 6.07 Å². The largest absolute Gasteiger partial charge is 0.459 e. The van der Waals surface area contributed by atoms with Gasteiger partial charge < -0.3 is 4.74 Å². The van der Waals surface area contributed by atoms with Gasteiger partial charge in [0, 0.05) is 5.56 Å². The van der Waals surface area contributed by atoms with Crippen LogP contribution in [-0.2, 0) is 16.1 Å². The number of fused-ring (bicyclic) bond motifs is 1. The van der Waals surface area contributed by atoms with E-state index in [-0.39, 0.29) is 11.7 Å². The quantitative estimate of drug-likeness (QED) is 0.351. The van der Waals surface area contributed by atoms with Crippen LogP contribution in [0.25, 0.3) is 16.8 Å². The van der Waals surface area contributed by atoms with Gasteiger partial charge in [0.25, 0.3) is 0 Å². The molecule has 0 atom stereocenters. The van der Waals surface area contributed by atoms with E-state index in [0.717, 1.165) is 16.3 Å². The highest BCUT2D eigenvalue weighted by Gasteiger charge is 2.18. The summed E-state index contributed by atoms with van der Waals surface area (Å²) in [5.74, 6) is -0.672. The summed E-state index contributed by atoms with van der Waals surface area (Å²) in [5, 5.41) is 16.5. The van der Waals surface area contributed by atoms with Crippen molar-refractivity contribution in [2.45, 2.75) is 33.4 Å². The van der Waals surface area contributed by atoms with Crippen molar-refractivity contribution in [1.82, 2.24) is 9.78 Å². The maximum Gasteiger partial charge on any atom is 0.349 e. The molecule has 0 saturated carbocycles. The maximum absolute atomic E-state index is 12.1. The van der Waals surface area contributed by atoms with E-state index in [4.69, 9.17) is 16.3 Å². The van der Waals surface area contributed by atoms with Crippen molar-refractivity contribution in [1.29, 1.82) is 5.26 Å². The first kappa shape index (κ1) is 19.7. The highest BCUT2D eigenvalue weighted by Crippen LogP contribution is 2.26. The first-order chi connectivity index (χ1) is 13.4. The molecule has 6 heteroatoms. The Morgan fingerprint density at radius 1 is 1.29 bits per heavy atom. The Kier molecular flexibility index (Phi) is 5.81. The number of halogens is 1. The van der Waals surface area contributed by atoms with Crippen molar-refractivity contribution in [2.75, 3.05) is 0 Å². The summed E-state index contributed by atoms with van der Waals surface area (Å²) in [6.45, 7) is 5.73. The van der Waals surface area contributed by atoms with Crippen LogP contribution in [0.4, 0.5) is 0 Å². The standard InChI is InChI=1S/C22H20ClN3O2/c1-14(2)28-22(27)18(12-24)11-20-15(3)25-26(21(20)23)13-17-9-6-8-16-7-4-5-10-19(16)17/h4-11,14H,13H2,1-3H3. The van der Waals surface area contributed by atoms with Gasteiger partial charge >= 0.3 is 5.97 Å². The zero-order valence-corrected chi connectivity index (χ0v) is 16.7. The zero-order valence-electron chi connectivity index (χ0n) is 15.9. The summed E-state index contributed by atoms with van der Waals surface area (Å²) >= 11 is 6.54. The molecule has 0 saturated heterocycles. The highest BCUT2D eigenvalue weighted by molar-refractivity contribution is 6.31. The second-order valence-corrected chi connectivity index (χ2v) is 7.07. The number of rotatable bonds is 5. The molecule has 1 heterocycles. The number of ether oxygens (including phenoxy) is 1. The Hall–Kier alpha value is -3.10. The van der Waals surface area contributed by atoms with Gasteiger partial charge in [0.15, 0.2) is 0 Å². The van der Waals surface area contributed by atoms with Gasteiger partial charge in [-0.15, -0.1) is 0 Å². The average molecular weight is 394 g/mol. The normalized spacial score (nSPS) is 11.6. The Morgan fingerprint density at radius 3 is 2.71 bits per heavy atom. The molecule has 2 aromatic carbocycles. The van der Waals surface area contributed by atoms with Gasteiger partial charge in [-0.1, -0.05) is 54.1 Å². The highest BCUT2D eigenvalue weighted by atomic mass is 35.5. The van der Waals surface area contributed by atoms with Crippen LogP contribution in [0, 0.1) is 18.3 Å². The van der Waals surface area contributed by atoms with Crippen molar-refractivity contribution in [3.63, 3.8) is 0 Å². The van der Waals surface area contributed by atoms with Gasteiger partial charge in [-0.2, -0.15) is 10.4 Å². The van der Waals surface area contributed by atoms with E-state index in [2.05, 4.69) is 23.3 Å². The molecule has 3 aromatic rings. The van der Waals surface area contributed by atoms with Crippen LogP contribution in [0.5, 0.6) is 0 Å². The lowest BCUT2D eigenvalue weighted by molar-refractivity contribution is -0.142. The van der Waals surface area contributed by atoms with Crippen LogP contribution in [0.15, 0.2) is 48.0 Å². The number of aryl methyl sites for hydroxylation is 1. The Balaban J connectivity index is 1.97. The molecule has 0 aliphatic heterocycles. The topological polar surface area (TPSA) is 67.9 Å². The van der Waals surface area contributed by atoms with Crippen molar-refractivity contribution in [3.05, 3.63) is 70.0 Å². The van der Waals surface area contributed by atoms with E-state index < -0.39 is 5.97 Å². The number of hydrogen-bond donors (Lipinski definition) is 0. The van der Waals surface area contributed by atoms with Crippen LogP contribution >= 0.6 is 11.6 Å². The first-order valence-electron chi connectivity index (χ1n) is 8.93. The molecule has 3 rings (SSSR count). The van der Waals surface area contributed by atoms with Crippen molar-refractivity contribution < 1.29 is 9.53 Å². The number of carbonyl (C=O) groups excluding carboxylic acids is 1. The Labute approximate surface area is 168 Å². The molecule has 0 radical (unpaired) electrons. The molecule has 5 nitrogen and oxygen atoms in total. The average Bonchev–Trinajstić information content (AvgIpc) is 2.92. The van der Waals surface area contributed by atoms with E-state index >= 15 is 0 Å². The molecule has 0 bridgehead atoms. The van der Waals surface area contributed by atoms with E-state index in [9.17, 15) is 10.1 Å². The SMILES string of the molecule is Cc1nn(Cc2cccc3ccccc23)c(Cl)c1C=C(C#N)C(=O)OC(C)C. The molecule has 0 fully saturated rings. The summed E-state index contributed by atoms with van der Waals surface area (Å²) in [4.78, 5) is 12.1. The minimum Gasteiger partial charge on any atom is -0.459 e. The molecular weight excluding hydrogens is 374 g/mol. The Morgan fingerprint density at radius 2 is 2.00 bits per heavy atom. The fourth-order valence-corrected chi connectivity index (χ4v) is 3.28. The molecule has 0 N–H and O–H groups in total. The molecule has 0 amide bonds. The van der Waals surface area contributed by atoms with Crippen molar-refractivity contribution in [2.24, 2.45) is 0 Å². The first-order valence-corrected chi connectivity index (χ1v) is 9.30. The minimum absolute atomic E-state index is 0.108. The molecule has 0 aliphatic rings. The molecule has 142 valence electrons. The van der Waals surface area contributed by atoms with Gasteiger partial charge in [-0.3, -0.25) is 0 Å². The van der Waals surface area contributed by atoms with Gasteiger partial charge in [-0.25, -0.2) is 9.48 Å². The van der Waals surface area contributed by atoms with Gasteiger partial charge in [-0.05, 0) is 43.2 Å². The number of aromatic nitrogens is 2. The number of esters is 1. The second kappa shape index (κ2) is 8.28. The third-order valence-electron chi connectivity index (χ3n) is 4.28.